The number of rotatable bonds is 5. The molecule has 0 aliphatic carbocycles. The zero-order chi connectivity index (χ0) is 14.7. The van der Waals surface area contributed by atoms with Crippen molar-refractivity contribution >= 4 is 31.9 Å². The summed E-state index contributed by atoms with van der Waals surface area (Å²) < 4.78 is 8.49. The normalized spacial score (nSPS) is 12.7. The largest absolute Gasteiger partial charge is 0.383 e. The molecular weight excluding hydrogens is 388 g/mol. The number of nitrogens with zero attached hydrogens (tertiary/aromatic N) is 2. The molecule has 4 nitrogen and oxygen atoms in total. The van der Waals surface area contributed by atoms with E-state index in [0.29, 0.717) is 13.2 Å². The summed E-state index contributed by atoms with van der Waals surface area (Å²) in [6, 6.07) is 5.89. The molecular formula is C14H16Br2N2O2. The van der Waals surface area contributed by atoms with Crippen molar-refractivity contribution in [3.63, 3.8) is 0 Å². The number of hydrogen-bond donors (Lipinski definition) is 1. The Hall–Kier alpha value is -0.690. The smallest absolute Gasteiger partial charge is 0.123 e. The van der Waals surface area contributed by atoms with Crippen LogP contribution in [0.3, 0.4) is 0 Å². The maximum Gasteiger partial charge on any atom is 0.123 e. The second-order valence-electron chi connectivity index (χ2n) is 4.52. The quantitative estimate of drug-likeness (QED) is 0.831. The van der Waals surface area contributed by atoms with Crippen molar-refractivity contribution in [2.45, 2.75) is 19.6 Å². The predicted molar refractivity (Wildman–Crippen MR) is 84.7 cm³/mol. The molecule has 0 saturated carbocycles. The molecule has 20 heavy (non-hydrogen) atoms. The van der Waals surface area contributed by atoms with Crippen molar-refractivity contribution in [2.24, 2.45) is 0 Å². The van der Waals surface area contributed by atoms with Gasteiger partial charge in [0.1, 0.15) is 6.10 Å². The van der Waals surface area contributed by atoms with Gasteiger partial charge in [-0.3, -0.25) is 4.68 Å². The summed E-state index contributed by atoms with van der Waals surface area (Å²) in [7, 11) is 1.64. The van der Waals surface area contributed by atoms with E-state index in [1.165, 1.54) is 0 Å². The number of ether oxygens (including phenoxy) is 1. The molecule has 0 aliphatic rings. The van der Waals surface area contributed by atoms with E-state index in [9.17, 15) is 5.11 Å². The molecule has 0 aliphatic heterocycles. The van der Waals surface area contributed by atoms with E-state index in [0.717, 1.165) is 25.8 Å². The Balaban J connectivity index is 2.37. The number of aromatic nitrogens is 2. The molecule has 1 unspecified atom stereocenters. The number of methoxy groups -OCH3 is 1. The van der Waals surface area contributed by atoms with E-state index in [4.69, 9.17) is 4.74 Å². The molecule has 1 aromatic carbocycles. The first-order valence-electron chi connectivity index (χ1n) is 6.19. The fourth-order valence-corrected chi connectivity index (χ4v) is 3.22. The standard InChI is InChI=1S/C14H16Br2N2O2/c1-9-3-4-10(11(15)7-9)14(19)13-12(16)8-17-18(13)5-6-20-2/h3-4,7-8,14,19H,5-6H2,1-2H3. The van der Waals surface area contributed by atoms with Crippen molar-refractivity contribution in [2.75, 3.05) is 13.7 Å². The topological polar surface area (TPSA) is 47.3 Å². The highest BCUT2D eigenvalue weighted by molar-refractivity contribution is 9.10. The average Bonchev–Trinajstić information content (AvgIpc) is 2.77. The summed E-state index contributed by atoms with van der Waals surface area (Å²) in [6.07, 6.45) is 0.940. The van der Waals surface area contributed by atoms with Gasteiger partial charge in [-0.1, -0.05) is 28.1 Å². The maximum atomic E-state index is 10.7. The van der Waals surface area contributed by atoms with Crippen molar-refractivity contribution in [1.82, 2.24) is 9.78 Å². The van der Waals surface area contributed by atoms with Gasteiger partial charge in [0, 0.05) is 17.1 Å². The van der Waals surface area contributed by atoms with Crippen LogP contribution >= 0.6 is 31.9 Å². The molecule has 0 fully saturated rings. The van der Waals surface area contributed by atoms with Gasteiger partial charge in [0.15, 0.2) is 0 Å². The molecule has 1 atom stereocenters. The lowest BCUT2D eigenvalue weighted by molar-refractivity contribution is 0.171. The van der Waals surface area contributed by atoms with Crippen LogP contribution in [0.5, 0.6) is 0 Å². The van der Waals surface area contributed by atoms with Crippen LogP contribution in [-0.4, -0.2) is 28.6 Å². The van der Waals surface area contributed by atoms with E-state index in [1.807, 2.05) is 25.1 Å². The van der Waals surface area contributed by atoms with Crippen LogP contribution in [0, 0.1) is 6.92 Å². The lowest BCUT2D eigenvalue weighted by Crippen LogP contribution is -2.14. The number of aryl methyl sites for hydroxylation is 1. The molecule has 0 saturated heterocycles. The van der Waals surface area contributed by atoms with Gasteiger partial charge < -0.3 is 9.84 Å². The Morgan fingerprint density at radius 1 is 1.35 bits per heavy atom. The fraction of sp³-hybridized carbons (Fsp3) is 0.357. The lowest BCUT2D eigenvalue weighted by atomic mass is 10.0. The van der Waals surface area contributed by atoms with E-state index >= 15 is 0 Å². The number of hydrogen-bond acceptors (Lipinski definition) is 3. The number of aliphatic hydroxyl groups is 1. The summed E-state index contributed by atoms with van der Waals surface area (Å²) in [5.41, 5.74) is 2.68. The Labute approximate surface area is 135 Å². The molecule has 2 aromatic rings. The van der Waals surface area contributed by atoms with Gasteiger partial charge >= 0.3 is 0 Å². The average molecular weight is 404 g/mol. The first-order valence-corrected chi connectivity index (χ1v) is 7.77. The molecule has 6 heteroatoms. The molecule has 108 valence electrons. The van der Waals surface area contributed by atoms with Gasteiger partial charge in [-0.25, -0.2) is 0 Å². The fourth-order valence-electron chi connectivity index (χ4n) is 2.00. The van der Waals surface area contributed by atoms with Crippen LogP contribution < -0.4 is 0 Å². The van der Waals surface area contributed by atoms with Gasteiger partial charge in [0.2, 0.25) is 0 Å². The van der Waals surface area contributed by atoms with Gasteiger partial charge in [-0.05, 0) is 34.5 Å². The van der Waals surface area contributed by atoms with Crippen molar-refractivity contribution in [3.8, 4) is 0 Å². The highest BCUT2D eigenvalue weighted by Gasteiger charge is 2.21. The highest BCUT2D eigenvalue weighted by Crippen LogP contribution is 2.33. The van der Waals surface area contributed by atoms with Crippen molar-refractivity contribution in [3.05, 3.63) is 50.2 Å². The summed E-state index contributed by atoms with van der Waals surface area (Å²) in [5, 5.41) is 14.9. The molecule has 0 amide bonds. The van der Waals surface area contributed by atoms with E-state index < -0.39 is 6.10 Å². The molecule has 0 radical (unpaired) electrons. The Kier molecular flexibility index (Phi) is 5.37. The number of benzene rings is 1. The number of aliphatic hydroxyl groups excluding tert-OH is 1. The minimum absolute atomic E-state index is 0.545. The summed E-state index contributed by atoms with van der Waals surface area (Å²) in [5.74, 6) is 0. The van der Waals surface area contributed by atoms with Crippen molar-refractivity contribution in [1.29, 1.82) is 0 Å². The Morgan fingerprint density at radius 3 is 2.75 bits per heavy atom. The van der Waals surface area contributed by atoms with E-state index in [2.05, 4.69) is 37.0 Å². The van der Waals surface area contributed by atoms with Crippen LogP contribution in [0.15, 0.2) is 33.3 Å². The molecule has 1 aromatic heterocycles. The zero-order valence-corrected chi connectivity index (χ0v) is 14.5. The van der Waals surface area contributed by atoms with Gasteiger partial charge in [-0.2, -0.15) is 5.10 Å². The predicted octanol–water partition coefficient (Wildman–Crippen LogP) is 3.44. The lowest BCUT2D eigenvalue weighted by Gasteiger charge is -2.16. The summed E-state index contributed by atoms with van der Waals surface area (Å²) in [6.45, 7) is 3.15. The maximum absolute atomic E-state index is 10.7. The van der Waals surface area contributed by atoms with Gasteiger partial charge in [0.05, 0.1) is 29.5 Å². The molecule has 1 heterocycles. The molecule has 0 spiro atoms. The third-order valence-electron chi connectivity index (χ3n) is 3.05. The zero-order valence-electron chi connectivity index (χ0n) is 11.3. The second-order valence-corrected chi connectivity index (χ2v) is 6.23. The SMILES string of the molecule is COCCn1ncc(Br)c1C(O)c1ccc(C)cc1Br. The van der Waals surface area contributed by atoms with Crippen LogP contribution in [0.1, 0.15) is 22.9 Å². The number of halogens is 2. The third-order valence-corrected chi connectivity index (χ3v) is 4.35. The molecule has 0 bridgehead atoms. The van der Waals surface area contributed by atoms with Crippen molar-refractivity contribution < 1.29 is 9.84 Å². The van der Waals surface area contributed by atoms with Crippen LogP contribution in [0.25, 0.3) is 0 Å². The molecule has 1 N–H and O–H groups in total. The monoisotopic (exact) mass is 402 g/mol. The van der Waals surface area contributed by atoms with E-state index in [-0.39, 0.29) is 0 Å². The first kappa shape index (κ1) is 15.7. The van der Waals surface area contributed by atoms with Crippen LogP contribution in [0.2, 0.25) is 0 Å². The second kappa shape index (κ2) is 6.85. The minimum Gasteiger partial charge on any atom is -0.383 e. The Morgan fingerprint density at radius 2 is 2.10 bits per heavy atom. The first-order chi connectivity index (χ1) is 9.54. The summed E-state index contributed by atoms with van der Waals surface area (Å²) in [4.78, 5) is 0. The third kappa shape index (κ3) is 3.31. The van der Waals surface area contributed by atoms with Crippen LogP contribution in [0.4, 0.5) is 0 Å². The summed E-state index contributed by atoms with van der Waals surface area (Å²) >= 11 is 6.95. The minimum atomic E-state index is -0.751. The molecule has 2 rings (SSSR count). The highest BCUT2D eigenvalue weighted by atomic mass is 79.9. The Bertz CT molecular complexity index is 599. The van der Waals surface area contributed by atoms with E-state index in [1.54, 1.807) is 18.0 Å². The van der Waals surface area contributed by atoms with Gasteiger partial charge in [0.25, 0.3) is 0 Å². The van der Waals surface area contributed by atoms with Crippen LogP contribution in [-0.2, 0) is 11.3 Å². The van der Waals surface area contributed by atoms with Gasteiger partial charge in [-0.15, -0.1) is 0 Å².